The van der Waals surface area contributed by atoms with E-state index in [2.05, 4.69) is 10.3 Å². The number of carbonyl (C=O) groups is 2. The summed E-state index contributed by atoms with van der Waals surface area (Å²) < 4.78 is 6.48. The maximum absolute atomic E-state index is 11.7. The summed E-state index contributed by atoms with van der Waals surface area (Å²) in [6, 6.07) is -1.11. The molecule has 0 aliphatic carbocycles. The number of thioether (sulfide) groups is 1. The van der Waals surface area contributed by atoms with Crippen LogP contribution in [0, 0.1) is 17.0 Å². The molecule has 1 atom stereocenters. The van der Waals surface area contributed by atoms with Crippen LogP contribution >= 0.6 is 11.8 Å². The molecular formula is C14H22N4O6S. The third-order valence-corrected chi connectivity index (χ3v) is 3.99. The molecule has 1 aromatic heterocycles. The van der Waals surface area contributed by atoms with Crippen molar-refractivity contribution in [2.24, 2.45) is 0 Å². The van der Waals surface area contributed by atoms with Crippen LogP contribution in [-0.2, 0) is 16.1 Å². The quantitative estimate of drug-likeness (QED) is 0.399. The van der Waals surface area contributed by atoms with Gasteiger partial charge < -0.3 is 25.3 Å². The Bertz CT molecular complexity index is 640. The van der Waals surface area contributed by atoms with Gasteiger partial charge in [-0.1, -0.05) is 0 Å². The number of aromatic nitrogens is 2. The molecule has 1 amide bonds. The molecule has 1 rings (SSSR count). The van der Waals surface area contributed by atoms with Gasteiger partial charge in [0, 0.05) is 18.4 Å². The standard InChI is InChI=1S/C14H22N4O6S/c1-9-15-7-11(18(22)23)17(9)5-6-25-8-10(12(19)20)16-13(21)24-14(2,3)4/h7,10H,5-6,8H2,1-4H3,(H,16,21)(H,19,20). The lowest BCUT2D eigenvalue weighted by atomic mass is 10.2. The highest BCUT2D eigenvalue weighted by atomic mass is 32.2. The van der Waals surface area contributed by atoms with Crippen molar-refractivity contribution in [3.8, 4) is 0 Å². The van der Waals surface area contributed by atoms with Crippen molar-refractivity contribution in [3.63, 3.8) is 0 Å². The third-order valence-electron chi connectivity index (χ3n) is 2.95. The van der Waals surface area contributed by atoms with Gasteiger partial charge in [-0.25, -0.2) is 19.1 Å². The number of hydrogen-bond acceptors (Lipinski definition) is 7. The highest BCUT2D eigenvalue weighted by Gasteiger charge is 2.24. The molecule has 0 aromatic carbocycles. The maximum Gasteiger partial charge on any atom is 0.408 e. The average molecular weight is 374 g/mol. The second-order valence-electron chi connectivity index (χ2n) is 6.18. The lowest BCUT2D eigenvalue weighted by Crippen LogP contribution is -2.45. The summed E-state index contributed by atoms with van der Waals surface area (Å²) in [6.45, 7) is 7.00. The first-order valence-electron chi connectivity index (χ1n) is 7.48. The smallest absolute Gasteiger partial charge is 0.408 e. The molecule has 11 heteroatoms. The van der Waals surface area contributed by atoms with Gasteiger partial charge in [0.2, 0.25) is 0 Å². The van der Waals surface area contributed by atoms with E-state index in [-0.39, 0.29) is 11.6 Å². The molecule has 0 aliphatic heterocycles. The van der Waals surface area contributed by atoms with Gasteiger partial charge >= 0.3 is 17.9 Å². The van der Waals surface area contributed by atoms with Gasteiger partial charge in [-0.05, 0) is 25.7 Å². The van der Waals surface area contributed by atoms with Gasteiger partial charge in [0.1, 0.15) is 24.4 Å². The predicted octanol–water partition coefficient (Wildman–Crippen LogP) is 1.81. The molecule has 0 spiro atoms. The van der Waals surface area contributed by atoms with Crippen LogP contribution in [0.1, 0.15) is 26.6 Å². The Kier molecular flexibility index (Phi) is 7.22. The van der Waals surface area contributed by atoms with E-state index in [9.17, 15) is 24.8 Å². The van der Waals surface area contributed by atoms with E-state index in [0.29, 0.717) is 18.1 Å². The largest absolute Gasteiger partial charge is 0.480 e. The summed E-state index contributed by atoms with van der Waals surface area (Å²) in [4.78, 5) is 37.2. The van der Waals surface area contributed by atoms with Gasteiger partial charge in [0.05, 0.1) is 0 Å². The third kappa shape index (κ3) is 6.99. The van der Waals surface area contributed by atoms with E-state index in [1.165, 1.54) is 22.5 Å². The molecule has 1 unspecified atom stereocenters. The first kappa shape index (κ1) is 20.7. The van der Waals surface area contributed by atoms with Crippen LogP contribution in [-0.4, -0.2) is 54.8 Å². The van der Waals surface area contributed by atoms with Crippen molar-refractivity contribution in [1.82, 2.24) is 14.9 Å². The number of carboxylic acid groups (broad SMARTS) is 1. The van der Waals surface area contributed by atoms with E-state index in [1.807, 2.05) is 0 Å². The number of aliphatic carboxylic acids is 1. The number of amides is 1. The van der Waals surface area contributed by atoms with Crippen LogP contribution in [0.25, 0.3) is 0 Å². The number of hydrogen-bond donors (Lipinski definition) is 2. The Morgan fingerprint density at radius 2 is 2.16 bits per heavy atom. The lowest BCUT2D eigenvalue weighted by Gasteiger charge is -2.21. The normalized spacial score (nSPS) is 12.5. The summed E-state index contributed by atoms with van der Waals surface area (Å²) in [5, 5.41) is 22.4. The van der Waals surface area contributed by atoms with E-state index in [1.54, 1.807) is 27.7 Å². The van der Waals surface area contributed by atoms with E-state index in [0.717, 1.165) is 0 Å². The molecule has 0 bridgehead atoms. The van der Waals surface area contributed by atoms with Crippen LogP contribution in [0.4, 0.5) is 10.6 Å². The topological polar surface area (TPSA) is 137 Å². The van der Waals surface area contributed by atoms with Crippen molar-refractivity contribution in [3.05, 3.63) is 22.1 Å². The minimum absolute atomic E-state index is 0.107. The Morgan fingerprint density at radius 1 is 1.52 bits per heavy atom. The summed E-state index contributed by atoms with van der Waals surface area (Å²) in [5.74, 6) is -0.245. The van der Waals surface area contributed by atoms with Gasteiger partial charge in [-0.2, -0.15) is 11.8 Å². The SMILES string of the molecule is Cc1ncc([N+](=O)[O-])n1CCSCC(NC(=O)OC(C)(C)C)C(=O)O. The van der Waals surface area contributed by atoms with E-state index >= 15 is 0 Å². The monoisotopic (exact) mass is 374 g/mol. The fourth-order valence-electron chi connectivity index (χ4n) is 1.86. The zero-order valence-corrected chi connectivity index (χ0v) is 15.3. The first-order chi connectivity index (χ1) is 11.5. The van der Waals surface area contributed by atoms with Gasteiger partial charge in [0.15, 0.2) is 5.82 Å². The summed E-state index contributed by atoms with van der Waals surface area (Å²) in [5.41, 5.74) is -0.724. The summed E-state index contributed by atoms with van der Waals surface area (Å²) >= 11 is 1.25. The predicted molar refractivity (Wildman–Crippen MR) is 91.7 cm³/mol. The highest BCUT2D eigenvalue weighted by Crippen LogP contribution is 2.15. The lowest BCUT2D eigenvalue weighted by molar-refractivity contribution is -0.392. The van der Waals surface area contributed by atoms with Crippen LogP contribution in [0.2, 0.25) is 0 Å². The Labute approximate surface area is 149 Å². The van der Waals surface area contributed by atoms with Crippen LogP contribution in [0.15, 0.2) is 6.20 Å². The molecule has 1 aromatic rings. The first-order valence-corrected chi connectivity index (χ1v) is 8.63. The molecule has 0 radical (unpaired) electrons. The summed E-state index contributed by atoms with van der Waals surface area (Å²) in [6.07, 6.45) is 0.381. The zero-order valence-electron chi connectivity index (χ0n) is 14.5. The number of nitrogens with zero attached hydrogens (tertiary/aromatic N) is 3. The number of carbonyl (C=O) groups excluding carboxylic acids is 1. The molecule has 0 fully saturated rings. The minimum atomic E-state index is -1.18. The highest BCUT2D eigenvalue weighted by molar-refractivity contribution is 7.99. The summed E-state index contributed by atoms with van der Waals surface area (Å²) in [7, 11) is 0. The molecule has 10 nitrogen and oxygen atoms in total. The maximum atomic E-state index is 11.7. The number of ether oxygens (including phenoxy) is 1. The van der Waals surface area contributed by atoms with Crippen LogP contribution in [0.5, 0.6) is 0 Å². The minimum Gasteiger partial charge on any atom is -0.480 e. The fourth-order valence-corrected chi connectivity index (χ4v) is 2.80. The number of nitrogens with one attached hydrogen (secondary N) is 1. The molecule has 0 aliphatic rings. The number of alkyl carbamates (subject to hydrolysis) is 1. The number of carboxylic acids is 1. The van der Waals surface area contributed by atoms with E-state index in [4.69, 9.17) is 4.74 Å². The van der Waals surface area contributed by atoms with E-state index < -0.39 is 28.6 Å². The van der Waals surface area contributed by atoms with Gasteiger partial charge in [-0.3, -0.25) is 0 Å². The van der Waals surface area contributed by atoms with Crippen molar-refractivity contribution < 1.29 is 24.4 Å². The molecule has 2 N–H and O–H groups in total. The van der Waals surface area contributed by atoms with Crippen LogP contribution in [0.3, 0.4) is 0 Å². The Hall–Kier alpha value is -2.30. The van der Waals surface area contributed by atoms with Crippen molar-refractivity contribution in [2.45, 2.75) is 45.9 Å². The second-order valence-corrected chi connectivity index (χ2v) is 7.33. The molecule has 1 heterocycles. The molecule has 0 saturated carbocycles. The Balaban J connectivity index is 2.52. The number of imidazole rings is 1. The van der Waals surface area contributed by atoms with Gasteiger partial charge in [-0.15, -0.1) is 0 Å². The van der Waals surface area contributed by atoms with Gasteiger partial charge in [0.25, 0.3) is 0 Å². The number of nitro groups is 1. The van der Waals surface area contributed by atoms with Crippen molar-refractivity contribution in [2.75, 3.05) is 11.5 Å². The molecule has 140 valence electrons. The van der Waals surface area contributed by atoms with Crippen molar-refractivity contribution >= 4 is 29.6 Å². The van der Waals surface area contributed by atoms with Crippen LogP contribution < -0.4 is 5.32 Å². The molecule has 25 heavy (non-hydrogen) atoms. The average Bonchev–Trinajstić information content (AvgIpc) is 2.81. The number of aryl methyl sites for hydroxylation is 1. The fraction of sp³-hybridized carbons (Fsp3) is 0.643. The number of rotatable bonds is 8. The second kappa shape index (κ2) is 8.70. The van der Waals surface area contributed by atoms with Crippen molar-refractivity contribution in [1.29, 1.82) is 0 Å². The molecular weight excluding hydrogens is 352 g/mol. The Morgan fingerprint density at radius 3 is 2.68 bits per heavy atom. The molecule has 0 saturated heterocycles. The zero-order chi connectivity index (χ0) is 19.2.